The fraction of sp³-hybridized carbons (Fsp3) is 0.762. The van der Waals surface area contributed by atoms with Crippen molar-refractivity contribution < 1.29 is 13.2 Å². The van der Waals surface area contributed by atoms with Crippen LogP contribution in [-0.2, 0) is 15.0 Å². The van der Waals surface area contributed by atoms with E-state index in [-0.39, 0.29) is 17.9 Å². The molecule has 0 spiro atoms. The molecule has 1 unspecified atom stereocenters. The molecule has 1 aliphatic carbocycles. The van der Waals surface area contributed by atoms with Gasteiger partial charge in [-0.05, 0) is 31.7 Å². The van der Waals surface area contributed by atoms with Crippen LogP contribution in [0.3, 0.4) is 0 Å². The molecule has 1 atom stereocenters. The third-order valence-electron chi connectivity index (χ3n) is 6.94. The minimum atomic E-state index is -3.53. The van der Waals surface area contributed by atoms with Gasteiger partial charge < -0.3 is 9.80 Å². The first-order valence-electron chi connectivity index (χ1n) is 11.5. The van der Waals surface area contributed by atoms with Crippen molar-refractivity contribution in [1.82, 2.24) is 23.5 Å². The first kappa shape index (κ1) is 22.4. The number of anilines is 1. The molecule has 10 heteroatoms. The number of rotatable bonds is 5. The maximum absolute atomic E-state index is 13.2. The van der Waals surface area contributed by atoms with Crippen molar-refractivity contribution in [3.8, 4) is 0 Å². The van der Waals surface area contributed by atoms with Gasteiger partial charge in [-0.1, -0.05) is 19.3 Å². The Morgan fingerprint density at radius 1 is 0.968 bits per heavy atom. The van der Waals surface area contributed by atoms with Crippen LogP contribution in [0.5, 0.6) is 0 Å². The van der Waals surface area contributed by atoms with E-state index in [2.05, 4.69) is 14.9 Å². The predicted octanol–water partition coefficient (Wildman–Crippen LogP) is 1.35. The molecule has 2 aliphatic heterocycles. The lowest BCUT2D eigenvalue weighted by atomic mass is 9.96. The van der Waals surface area contributed by atoms with Gasteiger partial charge in [0, 0.05) is 64.8 Å². The smallest absolute Gasteiger partial charge is 0.281 e. The van der Waals surface area contributed by atoms with E-state index in [0.717, 1.165) is 38.5 Å². The van der Waals surface area contributed by atoms with Crippen molar-refractivity contribution in [1.29, 1.82) is 0 Å². The summed E-state index contributed by atoms with van der Waals surface area (Å²) in [7, 11) is -1.82. The van der Waals surface area contributed by atoms with Crippen molar-refractivity contribution in [3.63, 3.8) is 0 Å². The van der Waals surface area contributed by atoms with E-state index < -0.39 is 10.2 Å². The summed E-state index contributed by atoms with van der Waals surface area (Å²) in [5, 5.41) is 0. The number of carbonyl (C=O) groups excluding carboxylic acids is 1. The number of carbonyl (C=O) groups is 1. The predicted molar refractivity (Wildman–Crippen MR) is 119 cm³/mol. The second kappa shape index (κ2) is 9.79. The van der Waals surface area contributed by atoms with E-state index >= 15 is 0 Å². The summed E-state index contributed by atoms with van der Waals surface area (Å²) < 4.78 is 29.6. The number of aromatic nitrogens is 2. The van der Waals surface area contributed by atoms with Crippen LogP contribution in [0.15, 0.2) is 18.5 Å². The highest BCUT2D eigenvalue weighted by atomic mass is 32.2. The Labute approximate surface area is 185 Å². The van der Waals surface area contributed by atoms with Crippen LogP contribution >= 0.6 is 0 Å². The Morgan fingerprint density at radius 3 is 2.32 bits per heavy atom. The molecule has 9 nitrogen and oxygen atoms in total. The number of nitrogens with zero attached hydrogens (tertiary/aromatic N) is 6. The van der Waals surface area contributed by atoms with E-state index in [4.69, 9.17) is 0 Å². The fourth-order valence-electron chi connectivity index (χ4n) is 5.01. The van der Waals surface area contributed by atoms with Crippen LogP contribution in [-0.4, -0.2) is 90.2 Å². The number of hydrogen-bond donors (Lipinski definition) is 0. The summed E-state index contributed by atoms with van der Waals surface area (Å²) in [4.78, 5) is 25.7. The second-order valence-corrected chi connectivity index (χ2v) is 10.9. The van der Waals surface area contributed by atoms with Crippen LogP contribution < -0.4 is 4.90 Å². The topological polar surface area (TPSA) is 90.0 Å². The Kier molecular flexibility index (Phi) is 7.08. The van der Waals surface area contributed by atoms with Gasteiger partial charge in [-0.3, -0.25) is 4.79 Å². The highest BCUT2D eigenvalue weighted by Gasteiger charge is 2.38. The normalized spacial score (nSPS) is 24.5. The maximum Gasteiger partial charge on any atom is 0.281 e. The zero-order valence-corrected chi connectivity index (χ0v) is 19.2. The molecule has 3 heterocycles. The van der Waals surface area contributed by atoms with E-state index in [9.17, 15) is 13.2 Å². The standard InChI is InChI=1S/C21H34N6O3S/c1-24(19-8-3-2-4-9-19)31(29,30)27-12-5-7-18(17-27)20(28)25-13-15-26(16-14-25)21-22-10-6-11-23-21/h6,10-11,18-19H,2-5,7-9,12-17H2,1H3. The van der Waals surface area contributed by atoms with E-state index in [1.54, 1.807) is 34.1 Å². The molecule has 0 aromatic carbocycles. The Bertz CT molecular complexity index is 838. The van der Waals surface area contributed by atoms with Gasteiger partial charge in [-0.25, -0.2) is 9.97 Å². The number of amides is 1. The van der Waals surface area contributed by atoms with Crippen LogP contribution in [0.1, 0.15) is 44.9 Å². The van der Waals surface area contributed by atoms with Crippen molar-refractivity contribution in [2.24, 2.45) is 5.92 Å². The summed E-state index contributed by atoms with van der Waals surface area (Å²) in [6, 6.07) is 1.88. The highest BCUT2D eigenvalue weighted by molar-refractivity contribution is 7.86. The summed E-state index contributed by atoms with van der Waals surface area (Å²) >= 11 is 0. The SMILES string of the molecule is CN(C1CCCCC1)S(=O)(=O)N1CCCC(C(=O)N2CCN(c3ncccn3)CC2)C1. The Morgan fingerprint density at radius 2 is 1.65 bits per heavy atom. The molecule has 1 saturated carbocycles. The summed E-state index contributed by atoms with van der Waals surface area (Å²) in [5.41, 5.74) is 0. The van der Waals surface area contributed by atoms with Crippen molar-refractivity contribution >= 4 is 22.1 Å². The van der Waals surface area contributed by atoms with Gasteiger partial charge >= 0.3 is 0 Å². The van der Waals surface area contributed by atoms with Crippen LogP contribution in [0, 0.1) is 5.92 Å². The molecule has 1 aromatic rings. The molecule has 3 aliphatic rings. The lowest BCUT2D eigenvalue weighted by molar-refractivity contribution is -0.137. The minimum absolute atomic E-state index is 0.0776. The second-order valence-electron chi connectivity index (χ2n) is 8.87. The largest absolute Gasteiger partial charge is 0.339 e. The van der Waals surface area contributed by atoms with E-state index in [1.807, 2.05) is 4.90 Å². The Hall–Kier alpha value is -1.78. The summed E-state index contributed by atoms with van der Waals surface area (Å²) in [6.07, 6.45) is 10.2. The monoisotopic (exact) mass is 450 g/mol. The first-order valence-corrected chi connectivity index (χ1v) is 12.9. The van der Waals surface area contributed by atoms with Crippen molar-refractivity contribution in [3.05, 3.63) is 18.5 Å². The lowest BCUT2D eigenvalue weighted by Gasteiger charge is -2.40. The van der Waals surface area contributed by atoms with E-state index in [1.165, 1.54) is 6.42 Å². The van der Waals surface area contributed by atoms with Crippen LogP contribution in [0.25, 0.3) is 0 Å². The van der Waals surface area contributed by atoms with Crippen molar-refractivity contribution in [2.45, 2.75) is 51.0 Å². The molecule has 1 amide bonds. The molecule has 31 heavy (non-hydrogen) atoms. The molecule has 0 bridgehead atoms. The summed E-state index contributed by atoms with van der Waals surface area (Å²) in [5.74, 6) is 0.506. The molecule has 3 fully saturated rings. The van der Waals surface area contributed by atoms with Gasteiger partial charge in [0.1, 0.15) is 0 Å². The average molecular weight is 451 g/mol. The molecule has 1 aromatic heterocycles. The molecular formula is C21H34N6O3S. The van der Waals surface area contributed by atoms with Crippen LogP contribution in [0.2, 0.25) is 0 Å². The molecule has 0 N–H and O–H groups in total. The zero-order chi connectivity index (χ0) is 21.8. The molecule has 172 valence electrons. The van der Waals surface area contributed by atoms with Gasteiger partial charge in [0.25, 0.3) is 10.2 Å². The Balaban J connectivity index is 1.34. The van der Waals surface area contributed by atoms with Gasteiger partial charge in [0.05, 0.1) is 5.92 Å². The van der Waals surface area contributed by atoms with Crippen LogP contribution in [0.4, 0.5) is 5.95 Å². The molecule has 2 saturated heterocycles. The third kappa shape index (κ3) is 5.01. The summed E-state index contributed by atoms with van der Waals surface area (Å²) in [6.45, 7) is 3.40. The minimum Gasteiger partial charge on any atom is -0.339 e. The quantitative estimate of drug-likeness (QED) is 0.673. The van der Waals surface area contributed by atoms with Gasteiger partial charge in [-0.15, -0.1) is 0 Å². The maximum atomic E-state index is 13.2. The number of piperidine rings is 1. The van der Waals surface area contributed by atoms with Gasteiger partial charge in [0.2, 0.25) is 11.9 Å². The first-order chi connectivity index (χ1) is 15.0. The number of hydrogen-bond acceptors (Lipinski definition) is 6. The lowest BCUT2D eigenvalue weighted by Crippen LogP contribution is -2.55. The number of piperazine rings is 1. The molecule has 0 radical (unpaired) electrons. The molecular weight excluding hydrogens is 416 g/mol. The van der Waals surface area contributed by atoms with Gasteiger partial charge in [0.15, 0.2) is 0 Å². The van der Waals surface area contributed by atoms with Gasteiger partial charge in [-0.2, -0.15) is 17.0 Å². The molecule has 4 rings (SSSR count). The average Bonchev–Trinajstić information content (AvgIpc) is 2.84. The third-order valence-corrected chi connectivity index (χ3v) is 8.95. The zero-order valence-electron chi connectivity index (χ0n) is 18.4. The van der Waals surface area contributed by atoms with E-state index in [0.29, 0.717) is 45.2 Å². The van der Waals surface area contributed by atoms with Crippen molar-refractivity contribution in [2.75, 3.05) is 51.2 Å². The fourth-order valence-corrected chi connectivity index (χ4v) is 6.69. The highest BCUT2D eigenvalue weighted by Crippen LogP contribution is 2.28.